The van der Waals surface area contributed by atoms with Gasteiger partial charge in [-0.1, -0.05) is 13.8 Å². The maximum Gasteiger partial charge on any atom is 0.316 e. The predicted molar refractivity (Wildman–Crippen MR) is 69.4 cm³/mol. The highest BCUT2D eigenvalue weighted by atomic mass is 16.2. The molecule has 2 unspecified atom stereocenters. The van der Waals surface area contributed by atoms with Crippen LogP contribution in [-0.2, 0) is 4.79 Å². The Morgan fingerprint density at radius 2 is 2.11 bits per heavy atom. The van der Waals surface area contributed by atoms with Gasteiger partial charge in [-0.3, -0.25) is 4.79 Å². The molecule has 0 aromatic heterocycles. The summed E-state index contributed by atoms with van der Waals surface area (Å²) in [6.07, 6.45) is 3.52. The molecule has 1 heterocycles. The fourth-order valence-electron chi connectivity index (χ4n) is 1.85. The van der Waals surface area contributed by atoms with Gasteiger partial charge in [-0.2, -0.15) is 0 Å². The van der Waals surface area contributed by atoms with Crippen LogP contribution in [-0.4, -0.2) is 30.7 Å². The Bertz CT molecular complexity index is 294. The van der Waals surface area contributed by atoms with E-state index < -0.39 is 18.2 Å². The average molecular weight is 255 g/mol. The Labute approximate surface area is 108 Å². The van der Waals surface area contributed by atoms with Gasteiger partial charge in [-0.25, -0.2) is 4.79 Å². The molecule has 1 fully saturated rings. The minimum absolute atomic E-state index is 0.136. The van der Waals surface area contributed by atoms with Crippen LogP contribution in [0.4, 0.5) is 4.79 Å². The number of rotatable bonds is 2. The third kappa shape index (κ3) is 5.35. The fourth-order valence-corrected chi connectivity index (χ4v) is 1.85. The van der Waals surface area contributed by atoms with E-state index in [1.165, 1.54) is 0 Å². The van der Waals surface area contributed by atoms with E-state index in [9.17, 15) is 9.59 Å². The van der Waals surface area contributed by atoms with Gasteiger partial charge in [-0.15, -0.1) is 0 Å². The normalized spacial score (nSPS) is 26.9. The van der Waals surface area contributed by atoms with Gasteiger partial charge in [0.1, 0.15) is 6.04 Å². The molecule has 3 amide bonds. The number of hydrogen-bond acceptors (Lipinski definition) is 3. The quantitative estimate of drug-likeness (QED) is 0.563. The SMILES string of the molecule is CC(C)CC1NC(=O)NC(N)C[CH]CCNC1=O. The Hall–Kier alpha value is -1.30. The van der Waals surface area contributed by atoms with Crippen LogP contribution in [0.1, 0.15) is 33.1 Å². The van der Waals surface area contributed by atoms with Crippen molar-refractivity contribution in [3.8, 4) is 0 Å². The van der Waals surface area contributed by atoms with E-state index in [1.807, 2.05) is 20.3 Å². The second-order valence-corrected chi connectivity index (χ2v) is 5.01. The number of nitrogens with two attached hydrogens (primary N) is 1. The molecule has 0 aromatic carbocycles. The number of hydrogen-bond donors (Lipinski definition) is 4. The van der Waals surface area contributed by atoms with Crippen molar-refractivity contribution in [3.05, 3.63) is 6.42 Å². The van der Waals surface area contributed by atoms with Crippen LogP contribution in [0, 0.1) is 12.3 Å². The van der Waals surface area contributed by atoms with E-state index in [0.717, 1.165) is 6.42 Å². The zero-order valence-corrected chi connectivity index (χ0v) is 11.0. The molecule has 6 nitrogen and oxygen atoms in total. The van der Waals surface area contributed by atoms with Crippen molar-refractivity contribution < 1.29 is 9.59 Å². The Morgan fingerprint density at radius 1 is 1.39 bits per heavy atom. The largest absolute Gasteiger partial charge is 0.354 e. The van der Waals surface area contributed by atoms with Gasteiger partial charge in [0.05, 0.1) is 6.17 Å². The summed E-state index contributed by atoms with van der Waals surface area (Å²) in [5.41, 5.74) is 5.74. The van der Waals surface area contributed by atoms with Crippen LogP contribution < -0.4 is 21.7 Å². The number of carbonyl (C=O) groups is 2. The number of urea groups is 1. The topological polar surface area (TPSA) is 96.2 Å². The van der Waals surface area contributed by atoms with E-state index in [-0.39, 0.29) is 5.91 Å². The maximum atomic E-state index is 11.9. The summed E-state index contributed by atoms with van der Waals surface area (Å²) >= 11 is 0. The van der Waals surface area contributed by atoms with Gasteiger partial charge < -0.3 is 21.7 Å². The van der Waals surface area contributed by atoms with Crippen molar-refractivity contribution in [1.29, 1.82) is 0 Å². The lowest BCUT2D eigenvalue weighted by atomic mass is 10.0. The summed E-state index contributed by atoms with van der Waals surface area (Å²) in [6, 6.07) is -0.895. The molecule has 1 radical (unpaired) electrons. The smallest absolute Gasteiger partial charge is 0.316 e. The molecule has 0 spiro atoms. The molecule has 18 heavy (non-hydrogen) atoms. The second-order valence-electron chi connectivity index (χ2n) is 5.01. The van der Waals surface area contributed by atoms with Gasteiger partial charge in [0, 0.05) is 6.54 Å². The number of nitrogens with one attached hydrogen (secondary N) is 3. The molecular formula is C12H23N4O2. The molecule has 5 N–H and O–H groups in total. The predicted octanol–water partition coefficient (Wildman–Crippen LogP) is 0.0994. The molecule has 1 aliphatic rings. The maximum absolute atomic E-state index is 11.9. The average Bonchev–Trinajstić information content (AvgIpc) is 2.27. The Morgan fingerprint density at radius 3 is 2.78 bits per heavy atom. The first-order chi connectivity index (χ1) is 8.49. The monoisotopic (exact) mass is 255 g/mol. The Balaban J connectivity index is 2.66. The third-order valence-corrected chi connectivity index (χ3v) is 2.71. The first-order valence-electron chi connectivity index (χ1n) is 6.41. The van der Waals surface area contributed by atoms with E-state index in [2.05, 4.69) is 16.0 Å². The van der Waals surface area contributed by atoms with E-state index in [4.69, 9.17) is 5.73 Å². The van der Waals surface area contributed by atoms with E-state index in [0.29, 0.717) is 25.3 Å². The highest BCUT2D eigenvalue weighted by Gasteiger charge is 2.22. The van der Waals surface area contributed by atoms with Crippen LogP contribution in [0.25, 0.3) is 0 Å². The molecule has 0 bridgehead atoms. The lowest BCUT2D eigenvalue weighted by Gasteiger charge is -2.20. The lowest BCUT2D eigenvalue weighted by Crippen LogP contribution is -2.53. The minimum atomic E-state index is -0.504. The fraction of sp³-hybridized carbons (Fsp3) is 0.750. The van der Waals surface area contributed by atoms with Crippen molar-refractivity contribution in [2.45, 2.75) is 45.3 Å². The van der Waals surface area contributed by atoms with Gasteiger partial charge >= 0.3 is 6.03 Å². The summed E-state index contributed by atoms with van der Waals surface area (Å²) in [6.45, 7) is 4.60. The molecule has 0 aliphatic carbocycles. The van der Waals surface area contributed by atoms with Crippen molar-refractivity contribution in [3.63, 3.8) is 0 Å². The van der Waals surface area contributed by atoms with Crippen LogP contribution in [0.2, 0.25) is 0 Å². The molecule has 6 heteroatoms. The highest BCUT2D eigenvalue weighted by molar-refractivity contribution is 5.87. The molecule has 103 valence electrons. The van der Waals surface area contributed by atoms with Gasteiger partial charge in [0.25, 0.3) is 0 Å². The van der Waals surface area contributed by atoms with Gasteiger partial charge in [0.2, 0.25) is 5.91 Å². The second kappa shape index (κ2) is 7.20. The van der Waals surface area contributed by atoms with Crippen molar-refractivity contribution in [2.24, 2.45) is 11.7 Å². The van der Waals surface area contributed by atoms with Crippen LogP contribution in [0.5, 0.6) is 0 Å². The standard InChI is InChI=1S/C12H23N4O2/c1-8(2)7-9-11(17)14-6-4-3-5-10(13)16-12(18)15-9/h3,8-10H,4-7,13H2,1-2H3,(H,14,17)(H2,15,16,18). The summed E-state index contributed by atoms with van der Waals surface area (Å²) < 4.78 is 0. The van der Waals surface area contributed by atoms with Crippen molar-refractivity contribution in [1.82, 2.24) is 16.0 Å². The number of amides is 3. The summed E-state index contributed by atoms with van der Waals surface area (Å²) in [5.74, 6) is 0.189. The van der Waals surface area contributed by atoms with Crippen molar-refractivity contribution >= 4 is 11.9 Å². The van der Waals surface area contributed by atoms with Crippen LogP contribution in [0.15, 0.2) is 0 Å². The molecule has 1 aliphatic heterocycles. The molecule has 1 saturated heterocycles. The lowest BCUT2D eigenvalue weighted by molar-refractivity contribution is -0.123. The highest BCUT2D eigenvalue weighted by Crippen LogP contribution is 2.06. The van der Waals surface area contributed by atoms with Crippen molar-refractivity contribution in [2.75, 3.05) is 6.54 Å². The first-order valence-corrected chi connectivity index (χ1v) is 6.41. The summed E-state index contributed by atoms with van der Waals surface area (Å²) in [4.78, 5) is 23.6. The summed E-state index contributed by atoms with van der Waals surface area (Å²) in [5, 5.41) is 8.10. The Kier molecular flexibility index (Phi) is 5.91. The molecular weight excluding hydrogens is 232 g/mol. The van der Waals surface area contributed by atoms with Crippen LogP contribution in [0.3, 0.4) is 0 Å². The minimum Gasteiger partial charge on any atom is -0.354 e. The zero-order chi connectivity index (χ0) is 13.5. The van der Waals surface area contributed by atoms with E-state index >= 15 is 0 Å². The van der Waals surface area contributed by atoms with Gasteiger partial charge in [-0.05, 0) is 31.6 Å². The molecule has 0 aromatic rings. The van der Waals surface area contributed by atoms with Gasteiger partial charge in [0.15, 0.2) is 0 Å². The molecule has 0 saturated carbocycles. The summed E-state index contributed by atoms with van der Waals surface area (Å²) in [7, 11) is 0. The third-order valence-electron chi connectivity index (χ3n) is 2.71. The van der Waals surface area contributed by atoms with E-state index in [1.54, 1.807) is 0 Å². The van der Waals surface area contributed by atoms with Crippen LogP contribution >= 0.6 is 0 Å². The zero-order valence-electron chi connectivity index (χ0n) is 11.0. The molecule has 1 rings (SSSR count). The molecule has 2 atom stereocenters. The first kappa shape index (κ1) is 14.8. The number of carbonyl (C=O) groups excluding carboxylic acids is 2.